The van der Waals surface area contributed by atoms with Gasteiger partial charge in [0.25, 0.3) is 5.91 Å². The third-order valence-corrected chi connectivity index (χ3v) is 6.64. The number of nitrogens with one attached hydrogen (secondary N) is 2. The highest BCUT2D eigenvalue weighted by Crippen LogP contribution is 2.33. The topological polar surface area (TPSA) is 131 Å². The molecule has 0 radical (unpaired) electrons. The second-order valence-electron chi connectivity index (χ2n) is 6.99. The molecule has 0 spiro atoms. The minimum Gasteiger partial charge on any atom is -0.454 e. The predicted molar refractivity (Wildman–Crippen MR) is 95.3 cm³/mol. The molecule has 28 heavy (non-hydrogen) atoms. The molecular weight excluding hydrogens is 390 g/mol. The van der Waals surface area contributed by atoms with E-state index >= 15 is 0 Å². The number of rotatable bonds is 5. The van der Waals surface area contributed by atoms with Crippen molar-refractivity contribution in [2.45, 2.75) is 31.5 Å². The lowest BCUT2D eigenvalue weighted by molar-refractivity contribution is -0.131. The van der Waals surface area contributed by atoms with E-state index in [1.807, 2.05) is 0 Å². The van der Waals surface area contributed by atoms with Gasteiger partial charge in [0.05, 0.1) is 24.5 Å². The zero-order chi connectivity index (χ0) is 19.9. The van der Waals surface area contributed by atoms with E-state index in [0.717, 1.165) is 4.90 Å². The number of hydrogen-bond acceptors (Lipinski definition) is 7. The van der Waals surface area contributed by atoms with E-state index in [1.54, 1.807) is 18.2 Å². The number of amides is 4. The highest BCUT2D eigenvalue weighted by molar-refractivity contribution is 7.91. The summed E-state index contributed by atoms with van der Waals surface area (Å²) in [6.45, 7) is 0.168. The van der Waals surface area contributed by atoms with Gasteiger partial charge in [-0.3, -0.25) is 14.5 Å². The molecule has 11 heteroatoms. The lowest BCUT2D eigenvalue weighted by Gasteiger charge is -2.14. The molecule has 1 aromatic rings. The highest BCUT2D eigenvalue weighted by atomic mass is 32.2. The van der Waals surface area contributed by atoms with E-state index in [9.17, 15) is 22.8 Å². The van der Waals surface area contributed by atoms with Gasteiger partial charge in [0.15, 0.2) is 21.3 Å². The molecule has 2 N–H and O–H groups in total. The molecule has 0 unspecified atom stereocenters. The fraction of sp³-hybridized carbons (Fsp3) is 0.471. The van der Waals surface area contributed by atoms with Crippen molar-refractivity contribution in [3.63, 3.8) is 0 Å². The molecular formula is C17H19N3O7S. The Balaban J connectivity index is 1.35. The number of fused-ring (bicyclic) bond motifs is 1. The Morgan fingerprint density at radius 1 is 1.25 bits per heavy atom. The van der Waals surface area contributed by atoms with Crippen LogP contribution in [0, 0.1) is 0 Å². The average Bonchev–Trinajstić information content (AvgIpc) is 3.29. The van der Waals surface area contributed by atoms with Gasteiger partial charge in [-0.2, -0.15) is 0 Å². The third kappa shape index (κ3) is 3.75. The van der Waals surface area contributed by atoms with Crippen molar-refractivity contribution in [3.8, 4) is 11.5 Å². The van der Waals surface area contributed by atoms with Crippen LogP contribution in [0.4, 0.5) is 4.79 Å². The van der Waals surface area contributed by atoms with Crippen molar-refractivity contribution >= 4 is 27.7 Å². The number of urea groups is 1. The standard InChI is InChI=1S/C17H19N3O7S/c21-15(18-11-3-4-28(24,25)8-11)6-12-16(22)20(17(23)19-12)7-10-1-2-13-14(5-10)27-9-26-13/h1-2,5,11-12H,3-4,6-9H2,(H,18,21)(H,19,23)/t11-,12+/m1/s1. The maximum absolute atomic E-state index is 12.5. The minimum atomic E-state index is -3.11. The van der Waals surface area contributed by atoms with Crippen LogP contribution in [0.1, 0.15) is 18.4 Å². The first kappa shape index (κ1) is 18.5. The Labute approximate surface area is 161 Å². The predicted octanol–water partition coefficient (Wildman–Crippen LogP) is -0.471. The van der Waals surface area contributed by atoms with Gasteiger partial charge in [-0.15, -0.1) is 0 Å². The van der Waals surface area contributed by atoms with Crippen LogP contribution in [0.15, 0.2) is 18.2 Å². The van der Waals surface area contributed by atoms with Crippen molar-refractivity contribution in [2.24, 2.45) is 0 Å². The molecule has 3 aliphatic heterocycles. The summed E-state index contributed by atoms with van der Waals surface area (Å²) in [5, 5.41) is 5.12. The first-order chi connectivity index (χ1) is 13.3. The normalized spacial score (nSPS) is 25.1. The quantitative estimate of drug-likeness (QED) is 0.629. The summed E-state index contributed by atoms with van der Waals surface area (Å²) in [5.74, 6) is 0.124. The van der Waals surface area contributed by atoms with E-state index in [4.69, 9.17) is 9.47 Å². The van der Waals surface area contributed by atoms with E-state index in [2.05, 4.69) is 10.6 Å². The molecule has 3 aliphatic rings. The molecule has 4 amide bonds. The monoisotopic (exact) mass is 409 g/mol. The second-order valence-corrected chi connectivity index (χ2v) is 9.21. The smallest absolute Gasteiger partial charge is 0.325 e. The molecule has 2 saturated heterocycles. The average molecular weight is 409 g/mol. The number of imide groups is 1. The zero-order valence-corrected chi connectivity index (χ0v) is 15.7. The Morgan fingerprint density at radius 2 is 2.04 bits per heavy atom. The van der Waals surface area contributed by atoms with Gasteiger partial charge in [-0.1, -0.05) is 6.07 Å². The summed E-state index contributed by atoms with van der Waals surface area (Å²) in [6.07, 6.45) is 0.119. The highest BCUT2D eigenvalue weighted by Gasteiger charge is 2.39. The van der Waals surface area contributed by atoms with Crippen molar-refractivity contribution in [3.05, 3.63) is 23.8 Å². The summed E-state index contributed by atoms with van der Waals surface area (Å²) < 4.78 is 33.4. The SMILES string of the molecule is O=C(C[C@@H]1NC(=O)N(Cc2ccc3c(c2)OCO3)C1=O)N[C@@H]1CCS(=O)(=O)C1. The van der Waals surface area contributed by atoms with Crippen LogP contribution in [0.2, 0.25) is 0 Å². The molecule has 0 saturated carbocycles. The Hall–Kier alpha value is -2.82. The number of benzene rings is 1. The van der Waals surface area contributed by atoms with Crippen LogP contribution in [0.3, 0.4) is 0 Å². The third-order valence-electron chi connectivity index (χ3n) is 4.87. The molecule has 4 rings (SSSR count). The molecule has 1 aromatic carbocycles. The second kappa shape index (κ2) is 6.97. The number of carbonyl (C=O) groups is 3. The van der Waals surface area contributed by atoms with Crippen LogP contribution in [0.25, 0.3) is 0 Å². The summed E-state index contributed by atoms with van der Waals surface area (Å²) >= 11 is 0. The van der Waals surface area contributed by atoms with Crippen LogP contribution < -0.4 is 20.1 Å². The van der Waals surface area contributed by atoms with Crippen LogP contribution in [0.5, 0.6) is 11.5 Å². The summed E-state index contributed by atoms with van der Waals surface area (Å²) in [4.78, 5) is 37.9. The summed E-state index contributed by atoms with van der Waals surface area (Å²) in [5.41, 5.74) is 0.689. The molecule has 150 valence electrons. The lowest BCUT2D eigenvalue weighted by atomic mass is 10.1. The van der Waals surface area contributed by atoms with E-state index in [0.29, 0.717) is 23.5 Å². The van der Waals surface area contributed by atoms with E-state index in [-0.39, 0.29) is 31.3 Å². The fourth-order valence-electron chi connectivity index (χ4n) is 3.47. The van der Waals surface area contributed by atoms with Crippen LogP contribution in [-0.4, -0.2) is 61.5 Å². The molecule has 0 aromatic heterocycles. The number of carbonyl (C=O) groups excluding carboxylic acids is 3. The maximum Gasteiger partial charge on any atom is 0.325 e. The zero-order valence-electron chi connectivity index (χ0n) is 14.8. The number of hydrogen-bond donors (Lipinski definition) is 2. The van der Waals surface area contributed by atoms with Crippen LogP contribution in [-0.2, 0) is 26.0 Å². The van der Waals surface area contributed by atoms with Gasteiger partial charge < -0.3 is 20.1 Å². The molecule has 2 fully saturated rings. The molecule has 0 bridgehead atoms. The molecule has 0 aliphatic carbocycles. The fourth-order valence-corrected chi connectivity index (χ4v) is 5.14. The first-order valence-electron chi connectivity index (χ1n) is 8.81. The molecule has 3 heterocycles. The maximum atomic E-state index is 12.5. The van der Waals surface area contributed by atoms with E-state index in [1.165, 1.54) is 0 Å². The largest absolute Gasteiger partial charge is 0.454 e. The van der Waals surface area contributed by atoms with Crippen molar-refractivity contribution in [2.75, 3.05) is 18.3 Å². The van der Waals surface area contributed by atoms with Crippen LogP contribution >= 0.6 is 0 Å². The lowest BCUT2D eigenvalue weighted by Crippen LogP contribution is -2.41. The number of sulfone groups is 1. The van der Waals surface area contributed by atoms with Crippen molar-refractivity contribution < 1.29 is 32.3 Å². The first-order valence-corrected chi connectivity index (χ1v) is 10.6. The van der Waals surface area contributed by atoms with Gasteiger partial charge in [0.2, 0.25) is 12.7 Å². The van der Waals surface area contributed by atoms with Gasteiger partial charge >= 0.3 is 6.03 Å². The Morgan fingerprint density at radius 3 is 2.79 bits per heavy atom. The Kier molecular flexibility index (Phi) is 4.61. The Bertz CT molecular complexity index is 946. The van der Waals surface area contributed by atoms with Gasteiger partial charge in [-0.05, 0) is 24.1 Å². The van der Waals surface area contributed by atoms with Crippen molar-refractivity contribution in [1.82, 2.24) is 15.5 Å². The van der Waals surface area contributed by atoms with Gasteiger partial charge in [-0.25, -0.2) is 13.2 Å². The molecule has 10 nitrogen and oxygen atoms in total. The van der Waals surface area contributed by atoms with Crippen molar-refractivity contribution in [1.29, 1.82) is 0 Å². The summed E-state index contributed by atoms with van der Waals surface area (Å²) in [6, 6.07) is 3.13. The van der Waals surface area contributed by atoms with Gasteiger partial charge in [0, 0.05) is 6.04 Å². The minimum absolute atomic E-state index is 0.0420. The summed E-state index contributed by atoms with van der Waals surface area (Å²) in [7, 11) is -3.11. The molecule has 2 atom stereocenters. The van der Waals surface area contributed by atoms with E-state index < -0.39 is 39.8 Å². The number of nitrogens with zero attached hydrogens (tertiary/aromatic N) is 1. The number of ether oxygens (including phenoxy) is 2. The van der Waals surface area contributed by atoms with Gasteiger partial charge in [0.1, 0.15) is 6.04 Å².